The van der Waals surface area contributed by atoms with Gasteiger partial charge in [-0.3, -0.25) is 0 Å². The third-order valence-corrected chi connectivity index (χ3v) is 3.10. The summed E-state index contributed by atoms with van der Waals surface area (Å²) in [5, 5.41) is 1.08. The van der Waals surface area contributed by atoms with E-state index in [0.717, 1.165) is 16.6 Å². The van der Waals surface area contributed by atoms with Crippen LogP contribution < -0.4 is 0 Å². The van der Waals surface area contributed by atoms with Crippen molar-refractivity contribution in [3.05, 3.63) is 65.5 Å². The Balaban J connectivity index is 2.13. The fraction of sp³-hybridized carbons (Fsp3) is 0.0625. The molecular formula is C16H12N2. The van der Waals surface area contributed by atoms with E-state index in [1.165, 1.54) is 11.1 Å². The van der Waals surface area contributed by atoms with Gasteiger partial charge in [-0.05, 0) is 36.1 Å². The number of benzene rings is 2. The van der Waals surface area contributed by atoms with Crippen LogP contribution in [0.3, 0.4) is 0 Å². The summed E-state index contributed by atoms with van der Waals surface area (Å²) in [6, 6.07) is 16.2. The van der Waals surface area contributed by atoms with Crippen LogP contribution in [-0.2, 0) is 0 Å². The summed E-state index contributed by atoms with van der Waals surface area (Å²) in [6.45, 7) is 9.11. The zero-order chi connectivity index (χ0) is 12.5. The maximum absolute atomic E-state index is 7.03. The fourth-order valence-electron chi connectivity index (χ4n) is 2.08. The summed E-state index contributed by atoms with van der Waals surface area (Å²) in [6.07, 6.45) is 0. The maximum atomic E-state index is 7.03. The van der Waals surface area contributed by atoms with Gasteiger partial charge in [0.15, 0.2) is 5.69 Å². The molecule has 0 radical (unpaired) electrons. The Morgan fingerprint density at radius 1 is 1.00 bits per heavy atom. The molecule has 86 valence electrons. The van der Waals surface area contributed by atoms with Gasteiger partial charge in [0.1, 0.15) is 0 Å². The van der Waals surface area contributed by atoms with Gasteiger partial charge in [0, 0.05) is 11.2 Å². The first-order valence-electron chi connectivity index (χ1n) is 5.83. The second-order valence-electron chi connectivity index (χ2n) is 4.43. The summed E-state index contributed by atoms with van der Waals surface area (Å²) < 4.78 is 0. The van der Waals surface area contributed by atoms with E-state index in [0.29, 0.717) is 5.69 Å². The van der Waals surface area contributed by atoms with E-state index >= 15 is 0 Å². The molecule has 0 fully saturated rings. The van der Waals surface area contributed by atoms with Crippen LogP contribution in [0.5, 0.6) is 0 Å². The lowest BCUT2D eigenvalue weighted by Gasteiger charge is -1.97. The van der Waals surface area contributed by atoms with Crippen molar-refractivity contribution >= 4 is 16.6 Å². The number of aromatic amines is 1. The van der Waals surface area contributed by atoms with Crippen LogP contribution in [0.2, 0.25) is 0 Å². The first kappa shape index (κ1) is 10.6. The van der Waals surface area contributed by atoms with Gasteiger partial charge in [0.05, 0.1) is 6.57 Å². The standard InChI is InChI=1S/C16H12N2/c1-11-3-5-12(6-4-11)16-10-13-9-14(17-2)7-8-15(13)18-16/h3-10,18H,1H3. The minimum atomic E-state index is 0.678. The summed E-state index contributed by atoms with van der Waals surface area (Å²) in [7, 11) is 0. The molecule has 1 N–H and O–H groups in total. The highest BCUT2D eigenvalue weighted by atomic mass is 14.7. The summed E-state index contributed by atoms with van der Waals surface area (Å²) in [5.74, 6) is 0. The van der Waals surface area contributed by atoms with Crippen molar-refractivity contribution in [1.82, 2.24) is 4.98 Å². The van der Waals surface area contributed by atoms with Crippen molar-refractivity contribution in [3.63, 3.8) is 0 Å². The van der Waals surface area contributed by atoms with Crippen molar-refractivity contribution < 1.29 is 0 Å². The Morgan fingerprint density at radius 2 is 1.78 bits per heavy atom. The Bertz CT molecular complexity index is 743. The number of hydrogen-bond donors (Lipinski definition) is 1. The molecule has 0 amide bonds. The predicted molar refractivity (Wildman–Crippen MR) is 74.7 cm³/mol. The lowest BCUT2D eigenvalue weighted by molar-refractivity contribution is 1.42. The number of hydrogen-bond acceptors (Lipinski definition) is 0. The first-order valence-corrected chi connectivity index (χ1v) is 5.83. The normalized spacial score (nSPS) is 10.4. The van der Waals surface area contributed by atoms with Crippen LogP contribution in [0.25, 0.3) is 27.0 Å². The number of rotatable bonds is 1. The molecular weight excluding hydrogens is 220 g/mol. The van der Waals surface area contributed by atoms with Crippen LogP contribution in [0.4, 0.5) is 5.69 Å². The van der Waals surface area contributed by atoms with Gasteiger partial charge in [-0.15, -0.1) is 0 Å². The maximum Gasteiger partial charge on any atom is 0.187 e. The quantitative estimate of drug-likeness (QED) is 0.587. The van der Waals surface area contributed by atoms with Crippen LogP contribution in [0.1, 0.15) is 5.56 Å². The number of H-pyrrole nitrogens is 1. The second kappa shape index (κ2) is 4.05. The molecule has 0 saturated heterocycles. The first-order chi connectivity index (χ1) is 8.76. The average Bonchev–Trinajstić information content (AvgIpc) is 2.82. The van der Waals surface area contributed by atoms with Gasteiger partial charge >= 0.3 is 0 Å². The molecule has 0 bridgehead atoms. The number of fused-ring (bicyclic) bond motifs is 1. The Kier molecular flexibility index (Phi) is 2.39. The lowest BCUT2D eigenvalue weighted by atomic mass is 10.1. The van der Waals surface area contributed by atoms with Crippen molar-refractivity contribution in [3.8, 4) is 11.3 Å². The van der Waals surface area contributed by atoms with E-state index in [9.17, 15) is 0 Å². The molecule has 2 heteroatoms. The van der Waals surface area contributed by atoms with E-state index in [1.54, 1.807) is 0 Å². The molecule has 0 aliphatic rings. The van der Waals surface area contributed by atoms with Crippen molar-refractivity contribution in [2.45, 2.75) is 6.92 Å². The molecule has 0 aliphatic heterocycles. The molecule has 0 unspecified atom stereocenters. The van der Waals surface area contributed by atoms with Gasteiger partial charge in [-0.2, -0.15) is 0 Å². The second-order valence-corrected chi connectivity index (χ2v) is 4.43. The molecule has 2 nitrogen and oxygen atoms in total. The summed E-state index contributed by atoms with van der Waals surface area (Å²) >= 11 is 0. The summed E-state index contributed by atoms with van der Waals surface area (Å²) in [4.78, 5) is 6.83. The minimum absolute atomic E-state index is 0.678. The predicted octanol–water partition coefficient (Wildman–Crippen LogP) is 4.69. The van der Waals surface area contributed by atoms with E-state index in [2.05, 4.69) is 47.1 Å². The number of aromatic nitrogens is 1. The zero-order valence-electron chi connectivity index (χ0n) is 10.1. The highest BCUT2D eigenvalue weighted by molar-refractivity contribution is 5.88. The number of aryl methyl sites for hydroxylation is 1. The molecule has 18 heavy (non-hydrogen) atoms. The van der Waals surface area contributed by atoms with Gasteiger partial charge in [-0.1, -0.05) is 35.9 Å². The van der Waals surface area contributed by atoms with Gasteiger partial charge in [0.25, 0.3) is 0 Å². The molecule has 0 spiro atoms. The fourth-order valence-corrected chi connectivity index (χ4v) is 2.08. The molecule has 0 atom stereocenters. The topological polar surface area (TPSA) is 20.1 Å². The average molecular weight is 232 g/mol. The van der Waals surface area contributed by atoms with E-state index < -0.39 is 0 Å². The van der Waals surface area contributed by atoms with Crippen LogP contribution in [-0.4, -0.2) is 4.98 Å². The van der Waals surface area contributed by atoms with E-state index in [1.807, 2.05) is 18.2 Å². The Morgan fingerprint density at radius 3 is 2.50 bits per heavy atom. The zero-order valence-corrected chi connectivity index (χ0v) is 10.1. The minimum Gasteiger partial charge on any atom is -0.355 e. The van der Waals surface area contributed by atoms with Gasteiger partial charge < -0.3 is 4.98 Å². The lowest BCUT2D eigenvalue weighted by Crippen LogP contribution is -1.77. The smallest absolute Gasteiger partial charge is 0.187 e. The van der Waals surface area contributed by atoms with Crippen LogP contribution in [0.15, 0.2) is 48.5 Å². The molecule has 1 heterocycles. The molecule has 0 saturated carbocycles. The molecule has 3 aromatic rings. The number of nitrogens with zero attached hydrogens (tertiary/aromatic N) is 1. The highest BCUT2D eigenvalue weighted by Gasteiger charge is 2.03. The Labute approximate surface area is 106 Å². The van der Waals surface area contributed by atoms with Crippen molar-refractivity contribution in [2.75, 3.05) is 0 Å². The van der Waals surface area contributed by atoms with Gasteiger partial charge in [0.2, 0.25) is 0 Å². The van der Waals surface area contributed by atoms with E-state index in [-0.39, 0.29) is 0 Å². The van der Waals surface area contributed by atoms with Gasteiger partial charge in [-0.25, -0.2) is 4.85 Å². The third-order valence-electron chi connectivity index (χ3n) is 3.10. The monoisotopic (exact) mass is 232 g/mol. The third kappa shape index (κ3) is 1.76. The summed E-state index contributed by atoms with van der Waals surface area (Å²) in [5.41, 5.74) is 5.26. The highest BCUT2D eigenvalue weighted by Crippen LogP contribution is 2.27. The largest absolute Gasteiger partial charge is 0.355 e. The van der Waals surface area contributed by atoms with E-state index in [4.69, 9.17) is 6.57 Å². The molecule has 2 aromatic carbocycles. The molecule has 1 aromatic heterocycles. The van der Waals surface area contributed by atoms with Crippen molar-refractivity contribution in [2.24, 2.45) is 0 Å². The van der Waals surface area contributed by atoms with Crippen molar-refractivity contribution in [1.29, 1.82) is 0 Å². The number of nitrogens with one attached hydrogen (secondary N) is 1. The molecule has 0 aliphatic carbocycles. The molecule has 3 rings (SSSR count). The Hall–Kier alpha value is -2.53. The van der Waals surface area contributed by atoms with Crippen LogP contribution in [0, 0.1) is 13.5 Å². The van der Waals surface area contributed by atoms with Crippen LogP contribution >= 0.6 is 0 Å². The SMILES string of the molecule is [C-]#[N+]c1ccc2[nH]c(-c3ccc(C)cc3)cc2c1.